The molecule has 0 atom stereocenters. The maximum atomic E-state index is 12.1. The molecule has 0 aliphatic rings. The molecule has 146 valence electrons. The second-order valence-corrected chi connectivity index (χ2v) is 6.21. The number of rotatable bonds is 8. The molecule has 0 bridgehead atoms. The molecular weight excluding hydrogens is 360 g/mol. The predicted octanol–water partition coefficient (Wildman–Crippen LogP) is 2.62. The lowest BCUT2D eigenvalue weighted by Crippen LogP contribution is -2.18. The predicted molar refractivity (Wildman–Crippen MR) is 102 cm³/mol. The molecule has 2 aromatic rings. The van der Waals surface area contributed by atoms with Crippen molar-refractivity contribution in [3.8, 4) is 11.8 Å². The van der Waals surface area contributed by atoms with Gasteiger partial charge in [0, 0.05) is 17.7 Å². The van der Waals surface area contributed by atoms with Crippen LogP contribution in [0.1, 0.15) is 46.1 Å². The van der Waals surface area contributed by atoms with Crippen LogP contribution < -0.4 is 10.3 Å². The summed E-state index contributed by atoms with van der Waals surface area (Å²) in [6.45, 7) is 5.45. The van der Waals surface area contributed by atoms with Crippen LogP contribution in [0.5, 0.6) is 5.75 Å². The second kappa shape index (κ2) is 9.51. The molecule has 0 spiro atoms. The number of ketones is 1. The average Bonchev–Trinajstić information content (AvgIpc) is 2.66. The first-order valence-corrected chi connectivity index (χ1v) is 8.91. The summed E-state index contributed by atoms with van der Waals surface area (Å²) in [5.41, 5.74) is 1.93. The molecule has 7 nitrogen and oxygen atoms in total. The number of pyridine rings is 1. The van der Waals surface area contributed by atoms with Gasteiger partial charge in [-0.25, -0.2) is 0 Å². The van der Waals surface area contributed by atoms with Crippen molar-refractivity contribution in [2.45, 2.75) is 33.6 Å². The number of nitrogens with one attached hydrogen (secondary N) is 1. The van der Waals surface area contributed by atoms with E-state index < -0.39 is 11.5 Å². The van der Waals surface area contributed by atoms with Crippen molar-refractivity contribution in [2.24, 2.45) is 0 Å². The maximum Gasteiger partial charge on any atom is 0.306 e. The van der Waals surface area contributed by atoms with Gasteiger partial charge in [-0.3, -0.25) is 14.4 Å². The number of hydrogen-bond acceptors (Lipinski definition) is 6. The lowest BCUT2D eigenvalue weighted by molar-refractivity contribution is -0.142. The molecule has 0 unspecified atom stereocenters. The molecule has 0 aliphatic heterocycles. The summed E-state index contributed by atoms with van der Waals surface area (Å²) >= 11 is 0. The Balaban J connectivity index is 1.92. The van der Waals surface area contributed by atoms with Gasteiger partial charge in [0.15, 0.2) is 12.4 Å². The zero-order valence-corrected chi connectivity index (χ0v) is 16.1. The first-order chi connectivity index (χ1) is 13.4. The fraction of sp³-hybridized carbons (Fsp3) is 0.333. The van der Waals surface area contributed by atoms with E-state index >= 15 is 0 Å². The van der Waals surface area contributed by atoms with Crippen molar-refractivity contribution >= 4 is 11.8 Å². The molecule has 0 saturated heterocycles. The Morgan fingerprint density at radius 3 is 2.46 bits per heavy atom. The van der Waals surface area contributed by atoms with Gasteiger partial charge in [-0.05, 0) is 62.6 Å². The zero-order chi connectivity index (χ0) is 20.7. The SMILES string of the molecule is CCOc1ccc(C(=O)COC(=O)CCc2c(C)[nH]c(=O)c(C#N)c2C)cc1. The van der Waals surface area contributed by atoms with Crippen molar-refractivity contribution in [2.75, 3.05) is 13.2 Å². The molecular formula is C21H22N2O5. The maximum absolute atomic E-state index is 12.1. The van der Waals surface area contributed by atoms with Crippen molar-refractivity contribution < 1.29 is 19.1 Å². The van der Waals surface area contributed by atoms with Crippen LogP contribution in [0.2, 0.25) is 0 Å². The molecule has 1 aromatic carbocycles. The van der Waals surface area contributed by atoms with E-state index in [1.54, 1.807) is 38.1 Å². The van der Waals surface area contributed by atoms with Gasteiger partial charge < -0.3 is 14.5 Å². The van der Waals surface area contributed by atoms with Crippen LogP contribution >= 0.6 is 0 Å². The molecule has 28 heavy (non-hydrogen) atoms. The molecule has 0 fully saturated rings. The normalized spacial score (nSPS) is 10.2. The molecule has 0 radical (unpaired) electrons. The van der Waals surface area contributed by atoms with Gasteiger partial charge in [0.05, 0.1) is 6.61 Å². The Kier molecular flexibility index (Phi) is 7.10. The highest BCUT2D eigenvalue weighted by molar-refractivity contribution is 5.98. The highest BCUT2D eigenvalue weighted by atomic mass is 16.5. The number of benzene rings is 1. The van der Waals surface area contributed by atoms with Gasteiger partial charge >= 0.3 is 5.97 Å². The number of nitrogens with zero attached hydrogens (tertiary/aromatic N) is 1. The highest BCUT2D eigenvalue weighted by Gasteiger charge is 2.15. The number of ether oxygens (including phenoxy) is 2. The Hall–Kier alpha value is -3.40. The summed E-state index contributed by atoms with van der Waals surface area (Å²) in [5, 5.41) is 9.09. The van der Waals surface area contributed by atoms with E-state index in [9.17, 15) is 14.4 Å². The van der Waals surface area contributed by atoms with Gasteiger partial charge in [-0.2, -0.15) is 5.26 Å². The number of aryl methyl sites for hydroxylation is 1. The summed E-state index contributed by atoms with van der Waals surface area (Å²) < 4.78 is 10.4. The summed E-state index contributed by atoms with van der Waals surface area (Å²) in [6.07, 6.45) is 0.342. The number of aromatic amines is 1. The zero-order valence-electron chi connectivity index (χ0n) is 16.1. The molecule has 1 N–H and O–H groups in total. The third kappa shape index (κ3) is 5.07. The first kappa shape index (κ1) is 20.9. The Bertz CT molecular complexity index is 968. The van der Waals surface area contributed by atoms with Crippen LogP contribution in [-0.2, 0) is 16.0 Å². The molecule has 1 heterocycles. The number of H-pyrrole nitrogens is 1. The highest BCUT2D eigenvalue weighted by Crippen LogP contribution is 2.16. The minimum Gasteiger partial charge on any atom is -0.494 e. The molecule has 2 rings (SSSR count). The third-order valence-electron chi connectivity index (χ3n) is 4.35. The lowest BCUT2D eigenvalue weighted by atomic mass is 9.99. The molecule has 0 saturated carbocycles. The van der Waals surface area contributed by atoms with E-state index in [0.717, 1.165) is 5.56 Å². The number of nitriles is 1. The lowest BCUT2D eigenvalue weighted by Gasteiger charge is -2.10. The van der Waals surface area contributed by atoms with Crippen molar-refractivity contribution in [1.82, 2.24) is 4.98 Å². The van der Waals surface area contributed by atoms with Crippen LogP contribution in [0, 0.1) is 25.2 Å². The van der Waals surface area contributed by atoms with Crippen LogP contribution in [0.3, 0.4) is 0 Å². The largest absolute Gasteiger partial charge is 0.494 e. The number of hydrogen-bond donors (Lipinski definition) is 1. The molecule has 1 aromatic heterocycles. The molecule has 7 heteroatoms. The van der Waals surface area contributed by atoms with E-state index in [2.05, 4.69) is 4.98 Å². The summed E-state index contributed by atoms with van der Waals surface area (Å²) in [7, 11) is 0. The van der Waals surface area contributed by atoms with Gasteiger partial charge in [-0.15, -0.1) is 0 Å². The average molecular weight is 382 g/mol. The Morgan fingerprint density at radius 1 is 1.18 bits per heavy atom. The van der Waals surface area contributed by atoms with Gasteiger partial charge in [-0.1, -0.05) is 0 Å². The van der Waals surface area contributed by atoms with E-state index in [1.807, 2.05) is 13.0 Å². The first-order valence-electron chi connectivity index (χ1n) is 8.91. The molecule has 0 amide bonds. The second-order valence-electron chi connectivity index (χ2n) is 6.21. The smallest absolute Gasteiger partial charge is 0.306 e. The topological polar surface area (TPSA) is 109 Å². The molecule has 0 aliphatic carbocycles. The monoisotopic (exact) mass is 382 g/mol. The summed E-state index contributed by atoms with van der Waals surface area (Å²) in [5.74, 6) is -0.165. The van der Waals surface area contributed by atoms with E-state index in [1.165, 1.54) is 0 Å². The van der Waals surface area contributed by atoms with Crippen molar-refractivity contribution in [3.63, 3.8) is 0 Å². The van der Waals surface area contributed by atoms with E-state index in [-0.39, 0.29) is 24.4 Å². The number of carbonyl (C=O) groups is 2. The number of Topliss-reactive ketones (excluding diaryl/α,β-unsaturated/α-hetero) is 1. The van der Waals surface area contributed by atoms with Crippen LogP contribution in [0.25, 0.3) is 0 Å². The van der Waals surface area contributed by atoms with Crippen LogP contribution in [0.4, 0.5) is 0 Å². The van der Waals surface area contributed by atoms with Crippen LogP contribution in [0.15, 0.2) is 29.1 Å². The summed E-state index contributed by atoms with van der Waals surface area (Å²) in [6, 6.07) is 8.50. The van der Waals surface area contributed by atoms with Gasteiger partial charge in [0.2, 0.25) is 0 Å². The minimum atomic E-state index is -0.525. The van der Waals surface area contributed by atoms with Crippen molar-refractivity contribution in [3.05, 3.63) is 62.6 Å². The van der Waals surface area contributed by atoms with Crippen LogP contribution in [-0.4, -0.2) is 30.0 Å². The standard InChI is InChI=1S/C21H22N2O5/c1-4-27-16-7-5-15(6-8-16)19(24)12-28-20(25)10-9-17-13(2)18(11-22)21(26)23-14(17)3/h5-8H,4,9-10,12H2,1-3H3,(H,23,26). The third-order valence-corrected chi connectivity index (χ3v) is 4.35. The fourth-order valence-electron chi connectivity index (χ4n) is 2.85. The number of esters is 1. The fourth-order valence-corrected chi connectivity index (χ4v) is 2.85. The minimum absolute atomic E-state index is 0.0369. The van der Waals surface area contributed by atoms with E-state index in [0.29, 0.717) is 35.6 Å². The Labute approximate surface area is 162 Å². The summed E-state index contributed by atoms with van der Waals surface area (Å²) in [4.78, 5) is 38.5. The van der Waals surface area contributed by atoms with Gasteiger partial charge in [0.25, 0.3) is 5.56 Å². The van der Waals surface area contributed by atoms with Gasteiger partial charge in [0.1, 0.15) is 17.4 Å². The Morgan fingerprint density at radius 2 is 1.86 bits per heavy atom. The number of carbonyl (C=O) groups excluding carboxylic acids is 2. The van der Waals surface area contributed by atoms with E-state index in [4.69, 9.17) is 14.7 Å². The number of aromatic nitrogens is 1. The quantitative estimate of drug-likeness (QED) is 0.555. The van der Waals surface area contributed by atoms with Crippen molar-refractivity contribution in [1.29, 1.82) is 5.26 Å².